The van der Waals surface area contributed by atoms with E-state index >= 15 is 0 Å². The van der Waals surface area contributed by atoms with E-state index < -0.39 is 17.5 Å². The third-order valence-electron chi connectivity index (χ3n) is 3.95. The Labute approximate surface area is 168 Å². The zero-order chi connectivity index (χ0) is 20.9. The number of carbonyl (C=O) groups is 3. The first-order valence-electron chi connectivity index (χ1n) is 8.66. The molecular formula is C18H23ClN4O5. The Balaban J connectivity index is 1.92. The van der Waals surface area contributed by atoms with Gasteiger partial charge in [0.1, 0.15) is 5.54 Å². The van der Waals surface area contributed by atoms with Crippen LogP contribution < -0.4 is 20.2 Å². The average Bonchev–Trinajstić information content (AvgIpc) is 2.82. The van der Waals surface area contributed by atoms with Gasteiger partial charge in [-0.05, 0) is 38.5 Å². The summed E-state index contributed by atoms with van der Waals surface area (Å²) in [4.78, 5) is 36.8. The lowest BCUT2D eigenvalue weighted by atomic mass is 10.1. The maximum atomic E-state index is 12.1. The quantitative estimate of drug-likeness (QED) is 0.386. The Morgan fingerprint density at radius 1 is 1.39 bits per heavy atom. The Kier molecular flexibility index (Phi) is 6.85. The molecule has 0 aliphatic carbocycles. The Hall–Kier alpha value is -2.81. The van der Waals surface area contributed by atoms with Crippen LogP contribution >= 0.6 is 11.6 Å². The van der Waals surface area contributed by atoms with Gasteiger partial charge in [-0.15, -0.1) is 0 Å². The smallest absolute Gasteiger partial charge is 0.325 e. The fourth-order valence-electron chi connectivity index (χ4n) is 2.57. The van der Waals surface area contributed by atoms with Crippen LogP contribution in [0.25, 0.3) is 0 Å². The zero-order valence-corrected chi connectivity index (χ0v) is 16.9. The summed E-state index contributed by atoms with van der Waals surface area (Å²) in [6.45, 7) is 5.45. The first-order chi connectivity index (χ1) is 13.2. The van der Waals surface area contributed by atoms with Gasteiger partial charge in [0.2, 0.25) is 5.91 Å². The van der Waals surface area contributed by atoms with E-state index in [1.165, 1.54) is 13.3 Å². The second-order valence-corrected chi connectivity index (χ2v) is 6.93. The van der Waals surface area contributed by atoms with Crippen molar-refractivity contribution < 1.29 is 23.9 Å². The third-order valence-corrected chi connectivity index (χ3v) is 4.23. The molecule has 0 radical (unpaired) electrons. The van der Waals surface area contributed by atoms with Crippen molar-refractivity contribution in [2.24, 2.45) is 5.10 Å². The molecule has 28 heavy (non-hydrogen) atoms. The van der Waals surface area contributed by atoms with E-state index in [9.17, 15) is 14.4 Å². The number of nitrogens with one attached hydrogen (secondary N) is 2. The summed E-state index contributed by atoms with van der Waals surface area (Å²) in [5, 5.41) is 6.77. The van der Waals surface area contributed by atoms with Crippen LogP contribution in [0.3, 0.4) is 0 Å². The summed E-state index contributed by atoms with van der Waals surface area (Å²) in [6, 6.07) is 2.78. The topological polar surface area (TPSA) is 109 Å². The monoisotopic (exact) mass is 410 g/mol. The van der Waals surface area contributed by atoms with Crippen molar-refractivity contribution >= 4 is 35.7 Å². The molecule has 1 heterocycles. The van der Waals surface area contributed by atoms with Gasteiger partial charge in [-0.25, -0.2) is 10.2 Å². The number of hydrazone groups is 1. The van der Waals surface area contributed by atoms with Crippen molar-refractivity contribution in [3.8, 4) is 11.5 Å². The van der Waals surface area contributed by atoms with Crippen molar-refractivity contribution in [2.45, 2.75) is 32.7 Å². The van der Waals surface area contributed by atoms with E-state index in [1.807, 2.05) is 6.92 Å². The Bertz CT molecular complexity index is 809. The van der Waals surface area contributed by atoms with E-state index in [4.69, 9.17) is 21.1 Å². The number of rotatable bonds is 8. The zero-order valence-electron chi connectivity index (χ0n) is 16.2. The largest absolute Gasteiger partial charge is 0.493 e. The SMILES string of the molecule is CCOc1c(Cl)cc(/C=N\NC(=O)CCN2C(=O)NC(C)(C)C2=O)cc1OC. The molecule has 0 atom stereocenters. The number of nitrogens with zero attached hydrogens (tertiary/aromatic N) is 2. The van der Waals surface area contributed by atoms with Crippen LogP contribution in [0.2, 0.25) is 5.02 Å². The molecule has 2 N–H and O–H groups in total. The average molecular weight is 411 g/mol. The van der Waals surface area contributed by atoms with Crippen molar-refractivity contribution in [1.29, 1.82) is 0 Å². The molecular weight excluding hydrogens is 388 g/mol. The predicted molar refractivity (Wildman–Crippen MR) is 104 cm³/mol. The van der Waals surface area contributed by atoms with Crippen LogP contribution in [0.15, 0.2) is 17.2 Å². The molecule has 10 heteroatoms. The number of hydrogen-bond acceptors (Lipinski definition) is 6. The van der Waals surface area contributed by atoms with Gasteiger partial charge in [-0.3, -0.25) is 14.5 Å². The number of halogens is 1. The highest BCUT2D eigenvalue weighted by Gasteiger charge is 2.43. The summed E-state index contributed by atoms with van der Waals surface area (Å²) in [6.07, 6.45) is 1.33. The molecule has 1 aromatic carbocycles. The van der Waals surface area contributed by atoms with Gasteiger partial charge in [0.05, 0.1) is 25.0 Å². The van der Waals surface area contributed by atoms with E-state index in [2.05, 4.69) is 15.8 Å². The highest BCUT2D eigenvalue weighted by atomic mass is 35.5. The van der Waals surface area contributed by atoms with Crippen LogP contribution in [0.4, 0.5) is 4.79 Å². The lowest BCUT2D eigenvalue weighted by Gasteiger charge is -2.15. The molecule has 1 fully saturated rings. The minimum absolute atomic E-state index is 0.0296. The minimum Gasteiger partial charge on any atom is -0.493 e. The van der Waals surface area contributed by atoms with Gasteiger partial charge >= 0.3 is 6.03 Å². The van der Waals surface area contributed by atoms with Crippen molar-refractivity contribution in [3.63, 3.8) is 0 Å². The summed E-state index contributed by atoms with van der Waals surface area (Å²) < 4.78 is 10.7. The van der Waals surface area contributed by atoms with Crippen molar-refractivity contribution in [1.82, 2.24) is 15.6 Å². The van der Waals surface area contributed by atoms with Crippen LogP contribution in [-0.2, 0) is 9.59 Å². The standard InChI is InChI=1S/C18H23ClN4O5/c1-5-28-15-12(19)8-11(9-13(15)27-4)10-20-22-14(24)6-7-23-16(25)18(2,3)21-17(23)26/h8-10H,5-7H2,1-4H3,(H,21,26)(H,22,24)/b20-10-. The van der Waals surface area contributed by atoms with E-state index in [-0.39, 0.29) is 18.9 Å². The fraction of sp³-hybridized carbons (Fsp3) is 0.444. The maximum Gasteiger partial charge on any atom is 0.325 e. The molecule has 4 amide bonds. The highest BCUT2D eigenvalue weighted by Crippen LogP contribution is 2.35. The molecule has 0 spiro atoms. The second kappa shape index (κ2) is 8.92. The predicted octanol–water partition coefficient (Wildman–Crippen LogP) is 1.92. The van der Waals surface area contributed by atoms with Crippen molar-refractivity contribution in [3.05, 3.63) is 22.7 Å². The molecule has 1 aromatic rings. The van der Waals surface area contributed by atoms with Crippen LogP contribution in [0, 0.1) is 0 Å². The molecule has 0 unspecified atom stereocenters. The first kappa shape index (κ1) is 21.5. The van der Waals surface area contributed by atoms with Crippen LogP contribution in [0.5, 0.6) is 11.5 Å². The minimum atomic E-state index is -0.961. The van der Waals surface area contributed by atoms with Crippen molar-refractivity contribution in [2.75, 3.05) is 20.3 Å². The van der Waals surface area contributed by atoms with Gasteiger partial charge in [0.15, 0.2) is 11.5 Å². The molecule has 0 saturated carbocycles. The Morgan fingerprint density at radius 2 is 2.11 bits per heavy atom. The molecule has 1 aliphatic heterocycles. The molecule has 0 aromatic heterocycles. The van der Waals surface area contributed by atoms with E-state index in [0.29, 0.717) is 28.7 Å². The second-order valence-electron chi connectivity index (χ2n) is 6.52. The number of urea groups is 1. The Morgan fingerprint density at radius 3 is 2.68 bits per heavy atom. The number of hydrogen-bond donors (Lipinski definition) is 2. The summed E-state index contributed by atoms with van der Waals surface area (Å²) in [5.41, 5.74) is 1.99. The number of methoxy groups -OCH3 is 1. The lowest BCUT2D eigenvalue weighted by Crippen LogP contribution is -2.40. The van der Waals surface area contributed by atoms with Gasteiger partial charge in [-0.2, -0.15) is 5.10 Å². The normalized spacial score (nSPS) is 15.7. The molecule has 1 aliphatic rings. The van der Waals surface area contributed by atoms with Gasteiger partial charge in [-0.1, -0.05) is 11.6 Å². The van der Waals surface area contributed by atoms with Crippen LogP contribution in [-0.4, -0.2) is 54.8 Å². The van der Waals surface area contributed by atoms with E-state index in [0.717, 1.165) is 4.90 Å². The maximum absolute atomic E-state index is 12.1. The highest BCUT2D eigenvalue weighted by molar-refractivity contribution is 6.32. The molecule has 1 saturated heterocycles. The van der Waals surface area contributed by atoms with Crippen LogP contribution in [0.1, 0.15) is 32.8 Å². The molecule has 152 valence electrons. The van der Waals surface area contributed by atoms with Gasteiger partial charge < -0.3 is 14.8 Å². The summed E-state index contributed by atoms with van der Waals surface area (Å²) in [7, 11) is 1.49. The number of benzene rings is 1. The molecule has 9 nitrogen and oxygen atoms in total. The van der Waals surface area contributed by atoms with E-state index in [1.54, 1.807) is 26.0 Å². The third kappa shape index (κ3) is 4.92. The number of ether oxygens (including phenoxy) is 2. The fourth-order valence-corrected chi connectivity index (χ4v) is 2.84. The van der Waals surface area contributed by atoms with Gasteiger partial charge in [0, 0.05) is 13.0 Å². The molecule has 2 rings (SSSR count). The number of amides is 4. The summed E-state index contributed by atoms with van der Waals surface area (Å²) in [5.74, 6) is 0.0723. The molecule has 0 bridgehead atoms. The lowest BCUT2D eigenvalue weighted by molar-refractivity contribution is -0.130. The first-order valence-corrected chi connectivity index (χ1v) is 9.03. The number of imide groups is 1. The van der Waals surface area contributed by atoms with Gasteiger partial charge in [0.25, 0.3) is 5.91 Å². The summed E-state index contributed by atoms with van der Waals surface area (Å²) >= 11 is 6.18. The number of carbonyl (C=O) groups excluding carboxylic acids is 3.